The van der Waals surface area contributed by atoms with E-state index in [4.69, 9.17) is 11.6 Å². The predicted octanol–water partition coefficient (Wildman–Crippen LogP) is 4.15. The van der Waals surface area contributed by atoms with Crippen molar-refractivity contribution < 1.29 is 8.42 Å². The van der Waals surface area contributed by atoms with E-state index in [9.17, 15) is 8.42 Å². The molecule has 0 radical (unpaired) electrons. The standard InChI is InChI=1S/C18H16ClN3O2S/c19-17-5-1-2-6-18(17)25(23,24)22-16-9-7-15(8-10-16)21-13-14-4-3-11-20-12-14/h1-12,21-22H,13H2. The number of sulfonamides is 1. The number of anilines is 2. The lowest BCUT2D eigenvalue weighted by Gasteiger charge is -2.11. The third-order valence-corrected chi connectivity index (χ3v) is 5.36. The number of benzene rings is 2. The van der Waals surface area contributed by atoms with E-state index in [0.717, 1.165) is 11.3 Å². The van der Waals surface area contributed by atoms with Gasteiger partial charge in [-0.15, -0.1) is 0 Å². The van der Waals surface area contributed by atoms with Crippen LogP contribution in [-0.4, -0.2) is 13.4 Å². The third-order valence-electron chi connectivity index (χ3n) is 3.48. The van der Waals surface area contributed by atoms with Crippen LogP contribution < -0.4 is 10.0 Å². The van der Waals surface area contributed by atoms with Crippen LogP contribution in [0.25, 0.3) is 0 Å². The van der Waals surface area contributed by atoms with Crippen molar-refractivity contribution in [2.24, 2.45) is 0 Å². The molecule has 7 heteroatoms. The van der Waals surface area contributed by atoms with E-state index in [1.807, 2.05) is 12.1 Å². The van der Waals surface area contributed by atoms with E-state index in [1.54, 1.807) is 54.9 Å². The molecule has 3 aromatic rings. The second-order valence-corrected chi connectivity index (χ2v) is 7.39. The first-order valence-corrected chi connectivity index (χ1v) is 9.41. The van der Waals surface area contributed by atoms with Gasteiger partial charge in [0, 0.05) is 30.3 Å². The zero-order chi connectivity index (χ0) is 17.7. The Morgan fingerprint density at radius 2 is 1.64 bits per heavy atom. The lowest BCUT2D eigenvalue weighted by atomic mass is 10.2. The Kier molecular flexibility index (Phi) is 5.21. The molecule has 0 aliphatic carbocycles. The molecule has 0 amide bonds. The lowest BCUT2D eigenvalue weighted by Crippen LogP contribution is -2.13. The molecule has 0 fully saturated rings. The summed E-state index contributed by atoms with van der Waals surface area (Å²) in [7, 11) is -3.72. The SMILES string of the molecule is O=S(=O)(Nc1ccc(NCc2cccnc2)cc1)c1ccccc1Cl. The van der Waals surface area contributed by atoms with Gasteiger partial charge >= 0.3 is 0 Å². The Hall–Kier alpha value is -2.57. The Bertz CT molecular complexity index is 946. The fourth-order valence-electron chi connectivity index (χ4n) is 2.24. The van der Waals surface area contributed by atoms with Gasteiger partial charge in [-0.05, 0) is 48.0 Å². The Balaban J connectivity index is 1.67. The second-order valence-electron chi connectivity index (χ2n) is 5.33. The van der Waals surface area contributed by atoms with E-state index in [-0.39, 0.29) is 9.92 Å². The van der Waals surface area contributed by atoms with Crippen molar-refractivity contribution >= 4 is 33.0 Å². The van der Waals surface area contributed by atoms with Crippen molar-refractivity contribution in [1.82, 2.24) is 4.98 Å². The molecule has 0 atom stereocenters. The van der Waals surface area contributed by atoms with Gasteiger partial charge in [-0.1, -0.05) is 29.8 Å². The first-order valence-electron chi connectivity index (χ1n) is 7.55. The number of aromatic nitrogens is 1. The first kappa shape index (κ1) is 17.3. The molecule has 0 aliphatic rings. The summed E-state index contributed by atoms with van der Waals surface area (Å²) in [5, 5.41) is 3.44. The number of nitrogens with one attached hydrogen (secondary N) is 2. The average Bonchev–Trinajstić information content (AvgIpc) is 2.62. The molecule has 0 saturated heterocycles. The smallest absolute Gasteiger partial charge is 0.263 e. The summed E-state index contributed by atoms with van der Waals surface area (Å²) in [6.07, 6.45) is 3.52. The zero-order valence-corrected chi connectivity index (χ0v) is 14.8. The first-order chi connectivity index (χ1) is 12.0. The average molecular weight is 374 g/mol. The Morgan fingerprint density at radius 3 is 2.32 bits per heavy atom. The van der Waals surface area contributed by atoms with Crippen molar-refractivity contribution in [3.8, 4) is 0 Å². The zero-order valence-electron chi connectivity index (χ0n) is 13.2. The Morgan fingerprint density at radius 1 is 0.920 bits per heavy atom. The summed E-state index contributed by atoms with van der Waals surface area (Å²) in [4.78, 5) is 4.11. The molecule has 25 heavy (non-hydrogen) atoms. The normalized spacial score (nSPS) is 11.1. The third kappa shape index (κ3) is 4.49. The van der Waals surface area contributed by atoms with Crippen LogP contribution in [0.5, 0.6) is 0 Å². The minimum Gasteiger partial charge on any atom is -0.381 e. The van der Waals surface area contributed by atoms with Crippen LogP contribution in [0.2, 0.25) is 5.02 Å². The topological polar surface area (TPSA) is 71.1 Å². The largest absolute Gasteiger partial charge is 0.381 e. The van der Waals surface area contributed by atoms with Crippen LogP contribution in [0.3, 0.4) is 0 Å². The highest BCUT2D eigenvalue weighted by molar-refractivity contribution is 7.92. The van der Waals surface area contributed by atoms with E-state index in [1.165, 1.54) is 6.07 Å². The molecular formula is C18H16ClN3O2S. The predicted molar refractivity (Wildman–Crippen MR) is 100 cm³/mol. The van der Waals surface area contributed by atoms with Gasteiger partial charge in [0.1, 0.15) is 4.90 Å². The van der Waals surface area contributed by atoms with Crippen molar-refractivity contribution in [2.75, 3.05) is 10.0 Å². The highest BCUT2D eigenvalue weighted by atomic mass is 35.5. The molecule has 5 nitrogen and oxygen atoms in total. The van der Waals surface area contributed by atoms with Gasteiger partial charge in [0.25, 0.3) is 10.0 Å². The molecular weight excluding hydrogens is 358 g/mol. The summed E-state index contributed by atoms with van der Waals surface area (Å²) in [5.74, 6) is 0. The van der Waals surface area contributed by atoms with Crippen molar-refractivity contribution in [2.45, 2.75) is 11.4 Å². The fourth-order valence-corrected chi connectivity index (χ4v) is 3.82. The number of hydrogen-bond acceptors (Lipinski definition) is 4. The summed E-state index contributed by atoms with van der Waals surface area (Å²) >= 11 is 5.97. The van der Waals surface area contributed by atoms with E-state index >= 15 is 0 Å². The maximum Gasteiger partial charge on any atom is 0.263 e. The minimum absolute atomic E-state index is 0.0513. The van der Waals surface area contributed by atoms with Crippen LogP contribution in [0.4, 0.5) is 11.4 Å². The van der Waals surface area contributed by atoms with Gasteiger partial charge in [-0.3, -0.25) is 9.71 Å². The van der Waals surface area contributed by atoms with E-state index < -0.39 is 10.0 Å². The van der Waals surface area contributed by atoms with Gasteiger partial charge in [0.05, 0.1) is 5.02 Å². The maximum atomic E-state index is 12.4. The molecule has 0 unspecified atom stereocenters. The molecule has 1 aromatic heterocycles. The summed E-state index contributed by atoms with van der Waals surface area (Å²) < 4.78 is 27.3. The molecule has 2 aromatic carbocycles. The molecule has 2 N–H and O–H groups in total. The van der Waals surface area contributed by atoms with Crippen LogP contribution in [-0.2, 0) is 16.6 Å². The van der Waals surface area contributed by atoms with Gasteiger partial charge in [-0.2, -0.15) is 0 Å². The van der Waals surface area contributed by atoms with Crippen molar-refractivity contribution in [1.29, 1.82) is 0 Å². The molecule has 3 rings (SSSR count). The maximum absolute atomic E-state index is 12.4. The van der Waals surface area contributed by atoms with Gasteiger partial charge in [0.15, 0.2) is 0 Å². The number of pyridine rings is 1. The lowest BCUT2D eigenvalue weighted by molar-refractivity contribution is 0.601. The number of hydrogen-bond donors (Lipinski definition) is 2. The Labute approximate surface area is 151 Å². The molecule has 1 heterocycles. The molecule has 0 saturated carbocycles. The van der Waals surface area contributed by atoms with Crippen molar-refractivity contribution in [3.63, 3.8) is 0 Å². The van der Waals surface area contributed by atoms with Crippen LogP contribution in [0.15, 0.2) is 78.0 Å². The van der Waals surface area contributed by atoms with Gasteiger partial charge < -0.3 is 5.32 Å². The van der Waals surface area contributed by atoms with Gasteiger partial charge in [-0.25, -0.2) is 8.42 Å². The fraction of sp³-hybridized carbons (Fsp3) is 0.0556. The van der Waals surface area contributed by atoms with Crippen molar-refractivity contribution in [3.05, 3.63) is 83.6 Å². The minimum atomic E-state index is -3.72. The molecule has 128 valence electrons. The monoisotopic (exact) mass is 373 g/mol. The summed E-state index contributed by atoms with van der Waals surface area (Å²) in [6.45, 7) is 0.637. The molecule has 0 spiro atoms. The highest BCUT2D eigenvalue weighted by Gasteiger charge is 2.17. The molecule has 0 aliphatic heterocycles. The number of halogens is 1. The summed E-state index contributed by atoms with van der Waals surface area (Å²) in [6, 6.07) is 17.2. The number of nitrogens with zero attached hydrogens (tertiary/aromatic N) is 1. The number of rotatable bonds is 6. The van der Waals surface area contributed by atoms with Gasteiger partial charge in [0.2, 0.25) is 0 Å². The summed E-state index contributed by atoms with van der Waals surface area (Å²) in [5.41, 5.74) is 2.40. The van der Waals surface area contributed by atoms with Crippen LogP contribution >= 0.6 is 11.6 Å². The van der Waals surface area contributed by atoms with Crippen LogP contribution in [0.1, 0.15) is 5.56 Å². The quantitative estimate of drug-likeness (QED) is 0.681. The second kappa shape index (κ2) is 7.55. The van der Waals surface area contributed by atoms with E-state index in [2.05, 4.69) is 15.0 Å². The molecule has 0 bridgehead atoms. The van der Waals surface area contributed by atoms with Crippen LogP contribution in [0, 0.1) is 0 Å². The van der Waals surface area contributed by atoms with E-state index in [0.29, 0.717) is 12.2 Å². The highest BCUT2D eigenvalue weighted by Crippen LogP contribution is 2.24.